The molecule has 8 nitrogen and oxygen atoms in total. The summed E-state index contributed by atoms with van der Waals surface area (Å²) in [6.45, 7) is 6.57. The van der Waals surface area contributed by atoms with Crippen LogP contribution in [0.15, 0.2) is 72.4 Å². The number of carbonyl (C=O) groups excluding carboxylic acids is 2. The fourth-order valence-corrected chi connectivity index (χ4v) is 6.55. The number of hydrogen-bond donors (Lipinski definition) is 1. The van der Waals surface area contributed by atoms with Crippen LogP contribution in [0.3, 0.4) is 0 Å². The Hall–Kier alpha value is -4.50. The number of unbranched alkanes of at least 4 members (excludes halogenated alkanes) is 3. The third-order valence-electron chi connectivity index (χ3n) is 7.57. The Morgan fingerprint density at radius 1 is 1.00 bits per heavy atom. The minimum absolute atomic E-state index is 0.00239. The molecule has 5 aromatic rings. The zero-order valence-corrected chi connectivity index (χ0v) is 24.6. The number of ether oxygens (including phenoxy) is 1. The third-order valence-corrected chi connectivity index (χ3v) is 8.59. The molecule has 3 aromatic heterocycles. The van der Waals surface area contributed by atoms with Crippen molar-refractivity contribution >= 4 is 49.8 Å². The number of pyridine rings is 1. The van der Waals surface area contributed by atoms with Gasteiger partial charge in [-0.05, 0) is 67.8 Å². The number of Topliss-reactive ketones (excluding diaryl/α,β-unsaturated/α-hetero) is 1. The smallest absolute Gasteiger partial charge is 0.301 e. The van der Waals surface area contributed by atoms with Crippen LogP contribution < -0.4 is 9.64 Å². The Bertz CT molecular complexity index is 1840. The number of anilines is 1. The number of carbonyl (C=O) groups is 2. The standard InChI is InChI=1S/C33H32N4O4S/c1-4-5-6-9-18-41-23-14-12-22(13-15-23)29-27(30(38)28-21(3)34-26-10-7-8-17-36(26)28)31(39)32(40)37(29)33-35-24-16-11-20(2)19-25(24)42-33/h7-8,10-17,19,29,38H,4-6,9,18H2,1-3H3. The topological polar surface area (TPSA) is 97.0 Å². The Labute approximate surface area is 247 Å². The number of fused-ring (bicyclic) bond motifs is 2. The molecule has 0 bridgehead atoms. The average molecular weight is 581 g/mol. The number of rotatable bonds is 9. The van der Waals surface area contributed by atoms with Crippen LogP contribution in [0.5, 0.6) is 5.75 Å². The molecule has 9 heteroatoms. The van der Waals surface area contributed by atoms with Gasteiger partial charge in [0.25, 0.3) is 5.78 Å². The van der Waals surface area contributed by atoms with Crippen molar-refractivity contribution in [2.24, 2.45) is 0 Å². The Balaban J connectivity index is 1.46. The van der Waals surface area contributed by atoms with Gasteiger partial charge in [-0.15, -0.1) is 0 Å². The van der Waals surface area contributed by atoms with Crippen molar-refractivity contribution < 1.29 is 19.4 Å². The Kier molecular flexibility index (Phi) is 7.51. The molecule has 0 aliphatic carbocycles. The summed E-state index contributed by atoms with van der Waals surface area (Å²) in [4.78, 5) is 38.1. The largest absolute Gasteiger partial charge is 0.505 e. The van der Waals surface area contributed by atoms with Gasteiger partial charge in [0, 0.05) is 6.20 Å². The number of aryl methyl sites for hydroxylation is 2. The molecule has 1 amide bonds. The zero-order chi connectivity index (χ0) is 29.4. The quantitative estimate of drug-likeness (QED) is 0.0861. The van der Waals surface area contributed by atoms with Crippen LogP contribution in [0, 0.1) is 13.8 Å². The van der Waals surface area contributed by atoms with Gasteiger partial charge in [-0.1, -0.05) is 61.8 Å². The highest BCUT2D eigenvalue weighted by Crippen LogP contribution is 2.45. The minimum atomic E-state index is -0.890. The summed E-state index contributed by atoms with van der Waals surface area (Å²) in [6.07, 6.45) is 6.21. The number of aliphatic hydroxyl groups excluding tert-OH is 1. The lowest BCUT2D eigenvalue weighted by Gasteiger charge is -2.23. The van der Waals surface area contributed by atoms with Gasteiger partial charge in [0.15, 0.2) is 10.9 Å². The number of imidazole rings is 1. The summed E-state index contributed by atoms with van der Waals surface area (Å²) >= 11 is 1.35. The van der Waals surface area contributed by atoms with Crippen LogP contribution in [0.1, 0.15) is 61.2 Å². The van der Waals surface area contributed by atoms with Crippen molar-refractivity contribution in [1.82, 2.24) is 14.4 Å². The summed E-state index contributed by atoms with van der Waals surface area (Å²) in [7, 11) is 0. The fourth-order valence-electron chi connectivity index (χ4n) is 5.46. The average Bonchev–Trinajstić information content (AvgIpc) is 3.63. The summed E-state index contributed by atoms with van der Waals surface area (Å²) in [5.74, 6) is -1.07. The molecule has 1 saturated heterocycles. The van der Waals surface area contributed by atoms with Gasteiger partial charge < -0.3 is 9.84 Å². The van der Waals surface area contributed by atoms with Crippen LogP contribution in [0.4, 0.5) is 5.13 Å². The molecule has 1 N–H and O–H groups in total. The molecule has 214 valence electrons. The van der Waals surface area contributed by atoms with Gasteiger partial charge in [0.2, 0.25) is 0 Å². The number of aliphatic hydroxyl groups is 1. The molecule has 1 fully saturated rings. The number of aromatic nitrogens is 3. The van der Waals surface area contributed by atoms with Crippen molar-refractivity contribution in [3.8, 4) is 5.75 Å². The van der Waals surface area contributed by atoms with E-state index in [9.17, 15) is 14.7 Å². The van der Waals surface area contributed by atoms with Crippen LogP contribution in [-0.2, 0) is 9.59 Å². The van der Waals surface area contributed by atoms with E-state index in [1.165, 1.54) is 22.7 Å². The predicted molar refractivity (Wildman–Crippen MR) is 165 cm³/mol. The molecular formula is C33H32N4O4S. The molecular weight excluding hydrogens is 548 g/mol. The molecule has 1 aliphatic heterocycles. The molecule has 6 rings (SSSR count). The molecule has 0 radical (unpaired) electrons. The van der Waals surface area contributed by atoms with E-state index >= 15 is 0 Å². The van der Waals surface area contributed by atoms with Gasteiger partial charge in [0.1, 0.15) is 17.1 Å². The second-order valence-electron chi connectivity index (χ2n) is 10.6. The summed E-state index contributed by atoms with van der Waals surface area (Å²) in [5.41, 5.74) is 4.03. The molecule has 4 heterocycles. The maximum absolute atomic E-state index is 13.7. The van der Waals surface area contributed by atoms with E-state index in [0.29, 0.717) is 40.1 Å². The van der Waals surface area contributed by atoms with Gasteiger partial charge in [-0.3, -0.25) is 18.9 Å². The number of thiazole rings is 1. The predicted octanol–water partition coefficient (Wildman–Crippen LogP) is 7.15. The monoisotopic (exact) mass is 580 g/mol. The zero-order valence-electron chi connectivity index (χ0n) is 23.8. The van der Waals surface area contributed by atoms with E-state index < -0.39 is 17.7 Å². The molecule has 1 unspecified atom stereocenters. The van der Waals surface area contributed by atoms with Crippen molar-refractivity contribution in [2.75, 3.05) is 11.5 Å². The van der Waals surface area contributed by atoms with Crippen LogP contribution in [0.2, 0.25) is 0 Å². The van der Waals surface area contributed by atoms with E-state index in [1.807, 2.05) is 67.6 Å². The Morgan fingerprint density at radius 3 is 2.60 bits per heavy atom. The number of nitrogens with zero attached hydrogens (tertiary/aromatic N) is 4. The highest BCUT2D eigenvalue weighted by Gasteiger charge is 2.48. The Morgan fingerprint density at radius 2 is 1.81 bits per heavy atom. The second kappa shape index (κ2) is 11.4. The molecule has 42 heavy (non-hydrogen) atoms. The third kappa shape index (κ3) is 4.94. The van der Waals surface area contributed by atoms with Crippen molar-refractivity contribution in [3.05, 3.63) is 94.9 Å². The lowest BCUT2D eigenvalue weighted by molar-refractivity contribution is -0.132. The maximum Gasteiger partial charge on any atom is 0.301 e. The number of ketones is 1. The molecule has 0 spiro atoms. The summed E-state index contributed by atoms with van der Waals surface area (Å²) in [6, 6.07) is 17.9. The van der Waals surface area contributed by atoms with Gasteiger partial charge >= 0.3 is 5.91 Å². The van der Waals surface area contributed by atoms with E-state index in [-0.39, 0.29) is 11.3 Å². The lowest BCUT2D eigenvalue weighted by Crippen LogP contribution is -2.29. The fraction of sp³-hybridized carbons (Fsp3) is 0.273. The highest BCUT2D eigenvalue weighted by molar-refractivity contribution is 7.22. The number of hydrogen-bond acceptors (Lipinski definition) is 7. The first-order valence-corrected chi connectivity index (χ1v) is 15.0. The number of benzene rings is 2. The van der Waals surface area contributed by atoms with Gasteiger partial charge in [0.05, 0.1) is 34.1 Å². The van der Waals surface area contributed by atoms with Gasteiger partial charge in [-0.25, -0.2) is 9.97 Å². The minimum Gasteiger partial charge on any atom is -0.505 e. The molecule has 0 saturated carbocycles. The molecule has 1 atom stereocenters. The summed E-state index contributed by atoms with van der Waals surface area (Å²) < 4.78 is 8.58. The highest BCUT2D eigenvalue weighted by atomic mass is 32.1. The normalized spacial score (nSPS) is 16.6. The van der Waals surface area contributed by atoms with Crippen LogP contribution in [-0.4, -0.2) is 37.8 Å². The van der Waals surface area contributed by atoms with E-state index in [1.54, 1.807) is 17.5 Å². The van der Waals surface area contributed by atoms with Crippen LogP contribution in [0.25, 0.3) is 21.6 Å². The van der Waals surface area contributed by atoms with E-state index in [4.69, 9.17) is 9.72 Å². The lowest BCUT2D eigenvalue weighted by atomic mass is 9.96. The van der Waals surface area contributed by atoms with Crippen LogP contribution >= 0.6 is 11.3 Å². The first-order valence-electron chi connectivity index (χ1n) is 14.2. The van der Waals surface area contributed by atoms with Gasteiger partial charge in [-0.2, -0.15) is 0 Å². The number of amides is 1. The summed E-state index contributed by atoms with van der Waals surface area (Å²) in [5, 5.41) is 12.2. The van der Waals surface area contributed by atoms with Crippen molar-refractivity contribution in [1.29, 1.82) is 0 Å². The molecule has 2 aromatic carbocycles. The SMILES string of the molecule is CCCCCCOc1ccc(C2C(=C(O)c3c(C)nc4ccccn34)C(=O)C(=O)N2c2nc3ccc(C)cc3s2)cc1. The maximum atomic E-state index is 13.7. The molecule has 1 aliphatic rings. The van der Waals surface area contributed by atoms with E-state index in [2.05, 4.69) is 11.9 Å². The van der Waals surface area contributed by atoms with Crippen molar-refractivity contribution in [2.45, 2.75) is 52.5 Å². The first kappa shape index (κ1) is 27.7. The van der Waals surface area contributed by atoms with Crippen molar-refractivity contribution in [3.63, 3.8) is 0 Å². The second-order valence-corrected chi connectivity index (χ2v) is 11.6. The van der Waals surface area contributed by atoms with E-state index in [0.717, 1.165) is 35.0 Å². The first-order chi connectivity index (χ1) is 20.4.